The van der Waals surface area contributed by atoms with Crippen molar-refractivity contribution < 1.29 is 9.90 Å². The minimum atomic E-state index is -0.423. The quantitative estimate of drug-likeness (QED) is 0.858. The number of carbonyl (C=O) groups is 1. The minimum absolute atomic E-state index is 0.0573. The Bertz CT molecular complexity index is 468. The average molecular weight is 247 g/mol. The monoisotopic (exact) mass is 247 g/mol. The molecule has 2 atom stereocenters. The second kappa shape index (κ2) is 5.11. The van der Waals surface area contributed by atoms with E-state index in [0.29, 0.717) is 0 Å². The summed E-state index contributed by atoms with van der Waals surface area (Å²) in [4.78, 5) is 11.7. The van der Waals surface area contributed by atoms with Crippen LogP contribution in [-0.2, 0) is 11.2 Å². The fourth-order valence-electron chi connectivity index (χ4n) is 2.53. The zero-order valence-corrected chi connectivity index (χ0v) is 11.3. The number of aliphatic hydroxyl groups is 1. The van der Waals surface area contributed by atoms with Gasteiger partial charge in [-0.25, -0.2) is 0 Å². The first-order valence-electron chi connectivity index (χ1n) is 6.74. The molecule has 98 valence electrons. The molecule has 0 radical (unpaired) electrons. The number of benzene rings is 1. The molecular formula is C15H21NO2. The van der Waals surface area contributed by atoms with Crippen molar-refractivity contribution in [1.82, 2.24) is 0 Å². The lowest BCUT2D eigenvalue weighted by molar-refractivity contribution is -0.116. The van der Waals surface area contributed by atoms with E-state index in [1.807, 2.05) is 19.1 Å². The summed E-state index contributed by atoms with van der Waals surface area (Å²) in [6.45, 7) is 6.04. The highest BCUT2D eigenvalue weighted by Gasteiger charge is 2.29. The maximum Gasteiger partial charge on any atom is 0.231 e. The molecule has 0 spiro atoms. The van der Waals surface area contributed by atoms with Crippen LogP contribution >= 0.6 is 0 Å². The number of nitrogens with one attached hydrogen (secondary N) is 1. The lowest BCUT2D eigenvalue weighted by Gasteiger charge is -2.15. The van der Waals surface area contributed by atoms with Crippen LogP contribution < -0.4 is 5.32 Å². The van der Waals surface area contributed by atoms with E-state index in [9.17, 15) is 9.90 Å². The molecule has 0 aromatic heterocycles. The second-order valence-corrected chi connectivity index (χ2v) is 5.01. The number of fused-ring (bicyclic) bond motifs is 1. The van der Waals surface area contributed by atoms with Crippen LogP contribution in [0.25, 0.3) is 0 Å². The second-order valence-electron chi connectivity index (χ2n) is 5.01. The van der Waals surface area contributed by atoms with Crippen molar-refractivity contribution in [3.63, 3.8) is 0 Å². The fourth-order valence-corrected chi connectivity index (χ4v) is 2.53. The zero-order chi connectivity index (χ0) is 13.3. The van der Waals surface area contributed by atoms with Gasteiger partial charge < -0.3 is 10.4 Å². The minimum Gasteiger partial charge on any atom is -0.388 e. The summed E-state index contributed by atoms with van der Waals surface area (Å²) in [6, 6.07) is 4.01. The van der Waals surface area contributed by atoms with Crippen molar-refractivity contribution in [2.45, 2.75) is 52.1 Å². The lowest BCUT2D eigenvalue weighted by atomic mass is 9.93. The summed E-state index contributed by atoms with van der Waals surface area (Å²) >= 11 is 0. The molecule has 0 saturated heterocycles. The Hall–Kier alpha value is -1.35. The molecule has 1 heterocycles. The highest BCUT2D eigenvalue weighted by molar-refractivity contribution is 6.03. The summed E-state index contributed by atoms with van der Waals surface area (Å²) in [6.07, 6.45) is 2.15. The van der Waals surface area contributed by atoms with Crippen LogP contribution in [-0.4, -0.2) is 11.0 Å². The number of amides is 1. The third-order valence-corrected chi connectivity index (χ3v) is 3.71. The van der Waals surface area contributed by atoms with Crippen LogP contribution in [0.4, 0.5) is 5.69 Å². The van der Waals surface area contributed by atoms with Crippen LogP contribution in [0.5, 0.6) is 0 Å². The van der Waals surface area contributed by atoms with Crippen molar-refractivity contribution in [2.75, 3.05) is 5.32 Å². The Morgan fingerprint density at radius 2 is 2.11 bits per heavy atom. The summed E-state index contributed by atoms with van der Waals surface area (Å²) in [7, 11) is 0. The molecule has 3 nitrogen and oxygen atoms in total. The van der Waals surface area contributed by atoms with Crippen molar-refractivity contribution in [3.05, 3.63) is 28.8 Å². The Labute approximate surface area is 108 Å². The standard InChI is InChI=1S/C15H21NO2/c1-4-6-13(17)11-7-10(5-2)14-12(8-11)9(3)15(18)16-14/h7-9,13,17H,4-6H2,1-3H3,(H,16,18). The Balaban J connectivity index is 2.45. The van der Waals surface area contributed by atoms with E-state index < -0.39 is 6.10 Å². The first kappa shape index (κ1) is 13.1. The highest BCUT2D eigenvalue weighted by atomic mass is 16.3. The van der Waals surface area contributed by atoms with E-state index in [2.05, 4.69) is 19.2 Å². The first-order valence-corrected chi connectivity index (χ1v) is 6.74. The van der Waals surface area contributed by atoms with E-state index in [4.69, 9.17) is 0 Å². The smallest absolute Gasteiger partial charge is 0.231 e. The normalized spacial score (nSPS) is 19.6. The summed E-state index contributed by atoms with van der Waals surface area (Å²) in [5, 5.41) is 13.1. The summed E-state index contributed by atoms with van der Waals surface area (Å²) in [5.41, 5.74) is 4.05. The third-order valence-electron chi connectivity index (χ3n) is 3.71. The predicted octanol–water partition coefficient (Wildman–Crippen LogP) is 3.14. The van der Waals surface area contributed by atoms with Gasteiger partial charge in [-0.3, -0.25) is 4.79 Å². The van der Waals surface area contributed by atoms with Gasteiger partial charge in [0.25, 0.3) is 0 Å². The Morgan fingerprint density at radius 3 is 2.72 bits per heavy atom. The van der Waals surface area contributed by atoms with E-state index in [1.54, 1.807) is 0 Å². The maximum absolute atomic E-state index is 11.7. The molecule has 1 aliphatic heterocycles. The van der Waals surface area contributed by atoms with E-state index in [-0.39, 0.29) is 11.8 Å². The highest BCUT2D eigenvalue weighted by Crippen LogP contribution is 2.38. The molecule has 18 heavy (non-hydrogen) atoms. The van der Waals surface area contributed by atoms with Crippen molar-refractivity contribution >= 4 is 11.6 Å². The van der Waals surface area contributed by atoms with Gasteiger partial charge in [0.1, 0.15) is 0 Å². The van der Waals surface area contributed by atoms with Crippen LogP contribution in [0.3, 0.4) is 0 Å². The van der Waals surface area contributed by atoms with Gasteiger partial charge in [-0.1, -0.05) is 32.4 Å². The number of aryl methyl sites for hydroxylation is 1. The molecule has 1 amide bonds. The molecule has 1 aromatic carbocycles. The molecule has 2 unspecified atom stereocenters. The van der Waals surface area contributed by atoms with Gasteiger partial charge in [0.05, 0.1) is 12.0 Å². The molecule has 0 bridgehead atoms. The average Bonchev–Trinajstić information content (AvgIpc) is 2.65. The molecular weight excluding hydrogens is 226 g/mol. The van der Waals surface area contributed by atoms with Gasteiger partial charge in [0, 0.05) is 5.69 Å². The van der Waals surface area contributed by atoms with Crippen molar-refractivity contribution in [3.8, 4) is 0 Å². The Morgan fingerprint density at radius 1 is 1.39 bits per heavy atom. The van der Waals surface area contributed by atoms with Gasteiger partial charge in [-0.15, -0.1) is 0 Å². The number of carbonyl (C=O) groups excluding carboxylic acids is 1. The molecule has 3 heteroatoms. The van der Waals surface area contributed by atoms with Crippen LogP contribution in [0.15, 0.2) is 12.1 Å². The molecule has 0 saturated carbocycles. The van der Waals surface area contributed by atoms with Crippen molar-refractivity contribution in [2.24, 2.45) is 0 Å². The number of hydrogen-bond acceptors (Lipinski definition) is 2. The Kier molecular flexibility index (Phi) is 3.71. The number of aliphatic hydroxyl groups excluding tert-OH is 1. The first-order chi connectivity index (χ1) is 8.58. The molecule has 0 aliphatic carbocycles. The van der Waals surface area contributed by atoms with Crippen LogP contribution in [0.2, 0.25) is 0 Å². The van der Waals surface area contributed by atoms with Gasteiger partial charge in [-0.05, 0) is 36.5 Å². The number of rotatable bonds is 4. The summed E-state index contributed by atoms with van der Waals surface area (Å²) < 4.78 is 0. The zero-order valence-electron chi connectivity index (χ0n) is 11.3. The fraction of sp³-hybridized carbons (Fsp3) is 0.533. The summed E-state index contributed by atoms with van der Waals surface area (Å²) in [5.74, 6) is -0.0547. The molecule has 2 rings (SSSR count). The van der Waals surface area contributed by atoms with E-state index in [0.717, 1.165) is 41.6 Å². The number of hydrogen-bond donors (Lipinski definition) is 2. The van der Waals surface area contributed by atoms with E-state index in [1.165, 1.54) is 0 Å². The molecule has 0 fully saturated rings. The number of anilines is 1. The van der Waals surface area contributed by atoms with Gasteiger partial charge in [0.2, 0.25) is 5.91 Å². The maximum atomic E-state index is 11.7. The van der Waals surface area contributed by atoms with Crippen molar-refractivity contribution in [1.29, 1.82) is 0 Å². The van der Waals surface area contributed by atoms with Gasteiger partial charge in [0.15, 0.2) is 0 Å². The molecule has 2 N–H and O–H groups in total. The SMILES string of the molecule is CCCC(O)c1cc(CC)c2c(c1)C(C)C(=O)N2. The third kappa shape index (κ3) is 2.15. The van der Waals surface area contributed by atoms with E-state index >= 15 is 0 Å². The predicted molar refractivity (Wildman–Crippen MR) is 72.7 cm³/mol. The van der Waals surface area contributed by atoms with Crippen LogP contribution in [0.1, 0.15) is 62.3 Å². The van der Waals surface area contributed by atoms with Gasteiger partial charge >= 0.3 is 0 Å². The molecule has 1 aliphatic rings. The van der Waals surface area contributed by atoms with Gasteiger partial charge in [-0.2, -0.15) is 0 Å². The largest absolute Gasteiger partial charge is 0.388 e. The van der Waals surface area contributed by atoms with Crippen LogP contribution in [0, 0.1) is 0 Å². The molecule has 1 aromatic rings. The topological polar surface area (TPSA) is 49.3 Å². The lowest BCUT2D eigenvalue weighted by Crippen LogP contribution is -2.08.